The highest BCUT2D eigenvalue weighted by molar-refractivity contribution is 6.31. The Hall–Kier alpha value is -1.50. The van der Waals surface area contributed by atoms with Gasteiger partial charge >= 0.3 is 0 Å². The van der Waals surface area contributed by atoms with Crippen LogP contribution in [0, 0.1) is 16.6 Å². The average molecular weight is 420 g/mol. The number of aromatic hydroxyl groups is 1. The van der Waals surface area contributed by atoms with Gasteiger partial charge in [-0.25, -0.2) is 17.6 Å². The molecule has 3 aliphatic carbocycles. The van der Waals surface area contributed by atoms with Gasteiger partial charge in [-0.15, -0.1) is 0 Å². The van der Waals surface area contributed by atoms with Crippen LogP contribution < -0.4 is 5.73 Å². The Bertz CT molecular complexity index is 838. The van der Waals surface area contributed by atoms with E-state index in [1.807, 2.05) is 0 Å². The number of hydrogen-bond acceptors (Lipinski definition) is 2. The van der Waals surface area contributed by atoms with Crippen LogP contribution in [0.2, 0.25) is 5.02 Å². The number of hydrogen-bond donors (Lipinski definition) is 2. The summed E-state index contributed by atoms with van der Waals surface area (Å²) in [4.78, 5) is 12.6. The van der Waals surface area contributed by atoms with Crippen molar-refractivity contribution in [2.75, 3.05) is 0 Å². The van der Waals surface area contributed by atoms with Gasteiger partial charge in [0.25, 0.3) is 0 Å². The van der Waals surface area contributed by atoms with Gasteiger partial charge in [0.2, 0.25) is 11.8 Å². The minimum atomic E-state index is -3.12. The number of carbonyl (C=O) groups excluding carboxylic acids is 1. The number of halogens is 5. The molecule has 0 aromatic heterocycles. The van der Waals surface area contributed by atoms with Crippen molar-refractivity contribution in [1.29, 1.82) is 0 Å². The molecule has 0 aliphatic heterocycles. The van der Waals surface area contributed by atoms with Crippen molar-refractivity contribution in [3.63, 3.8) is 0 Å². The van der Waals surface area contributed by atoms with Crippen LogP contribution >= 0.6 is 11.6 Å². The van der Waals surface area contributed by atoms with Crippen molar-refractivity contribution in [1.82, 2.24) is 0 Å². The topological polar surface area (TPSA) is 63.3 Å². The summed E-state index contributed by atoms with van der Waals surface area (Å²) in [5.41, 5.74) is 1.51. The molecular formula is C20H22ClF4NO2. The van der Waals surface area contributed by atoms with E-state index in [4.69, 9.17) is 17.3 Å². The fraction of sp³-hybridized carbons (Fsp3) is 0.650. The normalized spacial score (nSPS) is 37.3. The number of benzene rings is 1. The second kappa shape index (κ2) is 6.00. The minimum absolute atomic E-state index is 0.0674. The Balaban J connectivity index is 1.95. The van der Waals surface area contributed by atoms with E-state index < -0.39 is 52.9 Å². The zero-order valence-electron chi connectivity index (χ0n) is 15.2. The molecule has 3 saturated carbocycles. The molecule has 0 spiro atoms. The van der Waals surface area contributed by atoms with E-state index in [2.05, 4.69) is 0 Å². The molecule has 1 unspecified atom stereocenters. The van der Waals surface area contributed by atoms with Gasteiger partial charge in [0.05, 0.1) is 10.4 Å². The molecule has 3 fully saturated rings. The van der Waals surface area contributed by atoms with Gasteiger partial charge in [-0.1, -0.05) is 11.6 Å². The van der Waals surface area contributed by atoms with Crippen molar-refractivity contribution >= 4 is 17.5 Å². The highest BCUT2D eigenvalue weighted by Gasteiger charge is 2.67. The molecule has 0 heterocycles. The molecule has 2 atom stereocenters. The maximum Gasteiger partial charge on any atom is 0.249 e. The molecule has 28 heavy (non-hydrogen) atoms. The molecule has 4 rings (SSSR count). The van der Waals surface area contributed by atoms with Crippen molar-refractivity contribution in [2.24, 2.45) is 16.6 Å². The highest BCUT2D eigenvalue weighted by atomic mass is 35.5. The lowest BCUT2D eigenvalue weighted by atomic mass is 9.56. The molecule has 1 aromatic rings. The van der Waals surface area contributed by atoms with E-state index in [0.29, 0.717) is 12.8 Å². The van der Waals surface area contributed by atoms with Gasteiger partial charge in [-0.3, -0.25) is 4.79 Å². The first-order valence-electron chi connectivity index (χ1n) is 9.47. The summed E-state index contributed by atoms with van der Waals surface area (Å²) in [6.07, 6.45) is -0.328. The third-order valence-corrected chi connectivity index (χ3v) is 7.60. The summed E-state index contributed by atoms with van der Waals surface area (Å²) in [7, 11) is 0. The average Bonchev–Trinajstić information content (AvgIpc) is 3.21. The first-order valence-corrected chi connectivity index (χ1v) is 9.85. The van der Waals surface area contributed by atoms with E-state index in [9.17, 15) is 23.1 Å². The zero-order chi connectivity index (χ0) is 20.5. The van der Waals surface area contributed by atoms with E-state index in [-0.39, 0.29) is 42.0 Å². The molecule has 1 aromatic carbocycles. The lowest BCUT2D eigenvalue weighted by Gasteiger charge is -2.46. The second-order valence-electron chi connectivity index (χ2n) is 9.01. The zero-order valence-corrected chi connectivity index (χ0v) is 16.0. The van der Waals surface area contributed by atoms with Crippen molar-refractivity contribution in [2.45, 2.75) is 68.9 Å². The van der Waals surface area contributed by atoms with E-state index in [1.165, 1.54) is 0 Å². The molecule has 0 radical (unpaired) electrons. The van der Waals surface area contributed by atoms with Gasteiger partial charge in [-0.05, 0) is 55.6 Å². The summed E-state index contributed by atoms with van der Waals surface area (Å²) < 4.78 is 58.7. The van der Waals surface area contributed by atoms with Crippen molar-refractivity contribution in [3.8, 4) is 5.75 Å². The smallest absolute Gasteiger partial charge is 0.249 e. The standard InChI is InChI=1S/C20H22ClF4NO2/c21-13-8-11(27)7-12(14(13)22)15(17-1-3-18(23,9-17)4-2-17)19(16(26)28)5-6-20(24,25)10-19/h7-8,15,27H,1-6,9-10H2,(H2,26,28)/t15-,17?,18?,19?/m0/s1. The number of nitrogens with two attached hydrogens (primary N) is 1. The number of fused-ring (bicyclic) bond motifs is 2. The maximum absolute atomic E-state index is 15.1. The number of rotatable bonds is 4. The monoisotopic (exact) mass is 419 g/mol. The molecule has 3 N–H and O–H groups in total. The van der Waals surface area contributed by atoms with Gasteiger partial charge < -0.3 is 10.8 Å². The van der Waals surface area contributed by atoms with Crippen LogP contribution in [0.5, 0.6) is 5.75 Å². The van der Waals surface area contributed by atoms with Gasteiger partial charge in [0, 0.05) is 24.8 Å². The molecule has 2 bridgehead atoms. The van der Waals surface area contributed by atoms with Gasteiger partial charge in [0.1, 0.15) is 17.2 Å². The Morgan fingerprint density at radius 1 is 1.07 bits per heavy atom. The van der Waals surface area contributed by atoms with Crippen LogP contribution in [0.1, 0.15) is 62.8 Å². The number of primary amides is 1. The summed E-state index contributed by atoms with van der Waals surface area (Å²) in [6.45, 7) is 0. The lowest BCUT2D eigenvalue weighted by Crippen LogP contribution is -2.47. The van der Waals surface area contributed by atoms with E-state index in [0.717, 1.165) is 12.1 Å². The number of phenols is 1. The first kappa shape index (κ1) is 19.8. The highest BCUT2D eigenvalue weighted by Crippen LogP contribution is 2.71. The predicted molar refractivity (Wildman–Crippen MR) is 95.6 cm³/mol. The van der Waals surface area contributed by atoms with Crippen LogP contribution in [0.3, 0.4) is 0 Å². The van der Waals surface area contributed by atoms with Crippen molar-refractivity contribution < 1.29 is 27.5 Å². The quantitative estimate of drug-likeness (QED) is 0.656. The SMILES string of the molecule is NC(=O)C1([C@@H](c2cc(O)cc(Cl)c2F)C23CCC(F)(CC2)C3)CCC(F)(F)C1. The number of phenolic OH excluding ortho intramolecular Hbond substituents is 1. The summed E-state index contributed by atoms with van der Waals surface area (Å²) >= 11 is 5.91. The molecule has 3 aliphatic rings. The fourth-order valence-electron chi connectivity index (χ4n) is 6.23. The lowest BCUT2D eigenvalue weighted by molar-refractivity contribution is -0.133. The molecule has 3 nitrogen and oxygen atoms in total. The molecular weight excluding hydrogens is 398 g/mol. The predicted octanol–water partition coefficient (Wildman–Crippen LogP) is 5.23. The Morgan fingerprint density at radius 3 is 2.18 bits per heavy atom. The molecule has 0 saturated heterocycles. The third-order valence-electron chi connectivity index (χ3n) is 7.33. The molecule has 8 heteroatoms. The number of alkyl halides is 3. The van der Waals surface area contributed by atoms with Crippen LogP contribution in [0.25, 0.3) is 0 Å². The third kappa shape index (κ3) is 2.80. The maximum atomic E-state index is 15.1. The van der Waals surface area contributed by atoms with Crippen LogP contribution in [0.4, 0.5) is 17.6 Å². The van der Waals surface area contributed by atoms with E-state index >= 15 is 4.39 Å². The molecule has 154 valence electrons. The second-order valence-corrected chi connectivity index (χ2v) is 9.41. The molecule has 1 amide bonds. The summed E-state index contributed by atoms with van der Waals surface area (Å²) in [6, 6.07) is 2.14. The van der Waals surface area contributed by atoms with Crippen LogP contribution in [0.15, 0.2) is 12.1 Å². The summed E-state index contributed by atoms with van der Waals surface area (Å²) in [5, 5.41) is 9.63. The Kier molecular flexibility index (Phi) is 4.24. The fourth-order valence-corrected chi connectivity index (χ4v) is 6.45. The number of amides is 1. The first-order chi connectivity index (χ1) is 12.9. The van der Waals surface area contributed by atoms with E-state index in [1.54, 1.807) is 0 Å². The largest absolute Gasteiger partial charge is 0.508 e. The van der Waals surface area contributed by atoms with Gasteiger partial charge in [0.15, 0.2) is 0 Å². The minimum Gasteiger partial charge on any atom is -0.508 e. The van der Waals surface area contributed by atoms with Gasteiger partial charge in [-0.2, -0.15) is 0 Å². The number of carbonyl (C=O) groups is 1. The Labute approximate surface area is 165 Å². The van der Waals surface area contributed by atoms with Crippen LogP contribution in [-0.4, -0.2) is 22.6 Å². The Morgan fingerprint density at radius 2 is 1.71 bits per heavy atom. The summed E-state index contributed by atoms with van der Waals surface area (Å²) in [5.74, 6) is -6.35. The van der Waals surface area contributed by atoms with Crippen LogP contribution in [-0.2, 0) is 4.79 Å². The van der Waals surface area contributed by atoms with Crippen molar-refractivity contribution in [3.05, 3.63) is 28.5 Å².